The molecule has 1 aromatic heterocycles. The summed E-state index contributed by atoms with van der Waals surface area (Å²) in [5, 5.41) is 14.8. The fraction of sp³-hybridized carbons (Fsp3) is 0.526. The van der Waals surface area contributed by atoms with Gasteiger partial charge in [-0.25, -0.2) is 0 Å². The number of nitrogens with zero attached hydrogens (tertiary/aromatic N) is 2. The second-order valence-corrected chi connectivity index (χ2v) is 9.42. The third kappa shape index (κ3) is 7.61. The molecule has 1 heterocycles. The summed E-state index contributed by atoms with van der Waals surface area (Å²) in [6.07, 6.45) is 2.13. The number of alkyl carbamates (subject to hydrolysis) is 1. The molecular weight excluding hydrogens is 411 g/mol. The summed E-state index contributed by atoms with van der Waals surface area (Å²) in [6.45, 7) is 7.67. The number of nitrogens with one attached hydrogen (secondary N) is 2. The number of carbonyl (C=O) groups excluding carboxylic acids is 1. The monoisotopic (exact) mass is 440 g/mol. The molecule has 0 saturated heterocycles. The van der Waals surface area contributed by atoms with Crippen molar-refractivity contribution in [2.24, 2.45) is 0 Å². The van der Waals surface area contributed by atoms with Crippen LogP contribution in [0.5, 0.6) is 5.75 Å². The average molecular weight is 439 g/mol. The summed E-state index contributed by atoms with van der Waals surface area (Å²) < 4.78 is 12.4. The van der Waals surface area contributed by atoms with Gasteiger partial charge >= 0.3 is 166 Å². The van der Waals surface area contributed by atoms with Crippen LogP contribution < -0.4 is 15.4 Å². The summed E-state index contributed by atoms with van der Waals surface area (Å²) in [5.74, 6) is 0.789. The first-order chi connectivity index (χ1) is 12.8. The maximum atomic E-state index is 12.1. The van der Waals surface area contributed by atoms with E-state index in [4.69, 9.17) is 9.47 Å². The van der Waals surface area contributed by atoms with Crippen LogP contribution in [0, 0.1) is 0 Å². The van der Waals surface area contributed by atoms with E-state index in [0.29, 0.717) is 6.42 Å². The van der Waals surface area contributed by atoms with Gasteiger partial charge in [0.25, 0.3) is 0 Å². The summed E-state index contributed by atoms with van der Waals surface area (Å²) in [7, 11) is 1.64. The first kappa shape index (κ1) is 21.3. The van der Waals surface area contributed by atoms with Crippen molar-refractivity contribution < 1.29 is 14.3 Å². The molecule has 2 aromatic rings. The Kier molecular flexibility index (Phi) is 7.68. The number of hydrogen-bond acceptors (Lipinski definition) is 6. The quantitative estimate of drug-likeness (QED) is 0.613. The Hall–Kier alpha value is -2.05. The fourth-order valence-corrected chi connectivity index (χ4v) is 4.23. The molecule has 0 aliphatic rings. The Bertz CT molecular complexity index is 743. The van der Waals surface area contributed by atoms with Gasteiger partial charge in [-0.3, -0.25) is 0 Å². The Morgan fingerprint density at radius 1 is 1.30 bits per heavy atom. The summed E-state index contributed by atoms with van der Waals surface area (Å²) in [5.41, 5.74) is 0.412. The van der Waals surface area contributed by atoms with E-state index in [1.165, 1.54) is 0 Å². The third-order valence-electron chi connectivity index (χ3n) is 3.57. The van der Waals surface area contributed by atoms with Crippen LogP contribution >= 0.6 is 0 Å². The molecule has 148 valence electrons. The van der Waals surface area contributed by atoms with Crippen molar-refractivity contribution in [3.8, 4) is 5.75 Å². The van der Waals surface area contributed by atoms with Gasteiger partial charge in [0, 0.05) is 0 Å². The zero-order valence-corrected chi connectivity index (χ0v) is 18.2. The van der Waals surface area contributed by atoms with Crippen molar-refractivity contribution >= 4 is 31.0 Å². The van der Waals surface area contributed by atoms with E-state index >= 15 is 0 Å². The second-order valence-electron chi connectivity index (χ2n) is 7.19. The number of aromatic nitrogens is 2. The van der Waals surface area contributed by atoms with Crippen molar-refractivity contribution in [1.82, 2.24) is 15.5 Å². The summed E-state index contributed by atoms with van der Waals surface area (Å²) >= 11 is 0.00464. The predicted molar refractivity (Wildman–Crippen MR) is 107 cm³/mol. The summed E-state index contributed by atoms with van der Waals surface area (Å²) in [4.78, 5) is 12.1. The molecule has 0 bridgehead atoms. The Labute approximate surface area is 166 Å². The summed E-state index contributed by atoms with van der Waals surface area (Å²) in [6, 6.07) is 7.69. The van der Waals surface area contributed by atoms with Crippen LogP contribution in [0.15, 0.2) is 24.3 Å². The predicted octanol–water partition coefficient (Wildman–Crippen LogP) is 3.52. The maximum absolute atomic E-state index is 12.1. The van der Waals surface area contributed by atoms with Crippen molar-refractivity contribution in [3.63, 3.8) is 0 Å². The van der Waals surface area contributed by atoms with Gasteiger partial charge in [-0.1, -0.05) is 0 Å². The second kappa shape index (κ2) is 9.76. The number of anilines is 2. The molecule has 27 heavy (non-hydrogen) atoms. The minimum absolute atomic E-state index is 0.00292. The fourth-order valence-electron chi connectivity index (χ4n) is 2.47. The van der Waals surface area contributed by atoms with E-state index in [9.17, 15) is 4.79 Å². The molecule has 0 spiro atoms. The van der Waals surface area contributed by atoms with Crippen LogP contribution in [-0.2, 0) is 11.2 Å². The minimum atomic E-state index is -0.507. The number of amides is 1. The average Bonchev–Trinajstić information content (AvgIpc) is 3.00. The molecule has 1 aromatic carbocycles. The molecule has 8 heteroatoms. The normalized spacial score (nSPS) is 12.3. The Morgan fingerprint density at radius 3 is 2.74 bits per heavy atom. The van der Waals surface area contributed by atoms with E-state index < -0.39 is 5.60 Å². The SMILES string of the molecule is CCCC(Cc1nnc(Nc2cccc(OC)c2)[se]1)NC(=O)OC(C)(C)C. The number of benzene rings is 1. The molecule has 1 atom stereocenters. The number of carbonyl (C=O) groups is 1. The Morgan fingerprint density at radius 2 is 2.07 bits per heavy atom. The zero-order chi connectivity index (χ0) is 19.9. The van der Waals surface area contributed by atoms with Crippen molar-refractivity contribution in [3.05, 3.63) is 28.8 Å². The van der Waals surface area contributed by atoms with Crippen LogP contribution in [0.25, 0.3) is 0 Å². The molecule has 2 rings (SSSR count). The number of ether oxygens (including phenoxy) is 2. The van der Waals surface area contributed by atoms with E-state index in [2.05, 4.69) is 27.8 Å². The van der Waals surface area contributed by atoms with Crippen molar-refractivity contribution in [1.29, 1.82) is 0 Å². The molecular formula is C19H28N4O3Se. The van der Waals surface area contributed by atoms with Gasteiger partial charge < -0.3 is 0 Å². The van der Waals surface area contributed by atoms with E-state index in [0.717, 1.165) is 33.5 Å². The molecule has 0 aliphatic heterocycles. The number of methoxy groups -OCH3 is 1. The van der Waals surface area contributed by atoms with E-state index in [-0.39, 0.29) is 26.6 Å². The van der Waals surface area contributed by atoms with Gasteiger partial charge in [-0.15, -0.1) is 0 Å². The van der Waals surface area contributed by atoms with Gasteiger partial charge in [0.05, 0.1) is 0 Å². The van der Waals surface area contributed by atoms with Crippen LogP contribution in [0.4, 0.5) is 15.2 Å². The molecule has 0 fully saturated rings. The van der Waals surface area contributed by atoms with E-state index in [1.54, 1.807) is 7.11 Å². The molecule has 0 saturated carbocycles. The zero-order valence-electron chi connectivity index (χ0n) is 16.5. The van der Waals surface area contributed by atoms with E-state index in [1.807, 2.05) is 45.0 Å². The standard InChI is InChI=1S/C19H28N4O3Se/c1-6-8-13(21-18(24)26-19(2,3)4)12-16-22-23-17(27-16)20-14-9-7-10-15(11-14)25-5/h7,9-11,13H,6,8,12H2,1-5H3,(H,20,23)(H,21,24). The molecule has 1 unspecified atom stereocenters. The molecule has 7 nitrogen and oxygen atoms in total. The first-order valence-electron chi connectivity index (χ1n) is 9.02. The van der Waals surface area contributed by atoms with Gasteiger partial charge in [-0.05, 0) is 0 Å². The first-order valence-corrected chi connectivity index (χ1v) is 10.7. The van der Waals surface area contributed by atoms with Crippen molar-refractivity contribution in [2.45, 2.75) is 58.6 Å². The number of rotatable bonds is 8. The molecule has 0 radical (unpaired) electrons. The molecule has 2 N–H and O–H groups in total. The Balaban J connectivity index is 1.97. The molecule has 1 amide bonds. The van der Waals surface area contributed by atoms with Gasteiger partial charge in [0.1, 0.15) is 0 Å². The van der Waals surface area contributed by atoms with Crippen LogP contribution in [-0.4, -0.2) is 49.5 Å². The van der Waals surface area contributed by atoms with Crippen LogP contribution in [0.3, 0.4) is 0 Å². The number of hydrogen-bond donors (Lipinski definition) is 2. The van der Waals surface area contributed by atoms with Gasteiger partial charge in [0.15, 0.2) is 0 Å². The topological polar surface area (TPSA) is 85.4 Å². The molecule has 0 aliphatic carbocycles. The van der Waals surface area contributed by atoms with Crippen molar-refractivity contribution in [2.75, 3.05) is 12.4 Å². The van der Waals surface area contributed by atoms with Crippen LogP contribution in [0.2, 0.25) is 0 Å². The van der Waals surface area contributed by atoms with Crippen LogP contribution in [0.1, 0.15) is 45.1 Å². The third-order valence-corrected chi connectivity index (χ3v) is 5.37. The van der Waals surface area contributed by atoms with Gasteiger partial charge in [0.2, 0.25) is 0 Å². The van der Waals surface area contributed by atoms with Gasteiger partial charge in [-0.2, -0.15) is 0 Å².